The van der Waals surface area contributed by atoms with Crippen LogP contribution in [0.1, 0.15) is 18.4 Å². The van der Waals surface area contributed by atoms with E-state index in [0.717, 1.165) is 43.7 Å². The summed E-state index contributed by atoms with van der Waals surface area (Å²) in [5, 5.41) is 3.20. The summed E-state index contributed by atoms with van der Waals surface area (Å²) >= 11 is 0. The third kappa shape index (κ3) is 2.43. The summed E-state index contributed by atoms with van der Waals surface area (Å²) in [5.74, 6) is 0.820. The van der Waals surface area contributed by atoms with E-state index in [1.807, 2.05) is 0 Å². The van der Waals surface area contributed by atoms with Gasteiger partial charge in [-0.25, -0.2) is 8.42 Å². The minimum Gasteiger partial charge on any atom is -0.493 e. The fraction of sp³-hybridized carbons (Fsp3) is 0.571. The summed E-state index contributed by atoms with van der Waals surface area (Å²) < 4.78 is 32.4. The van der Waals surface area contributed by atoms with Crippen LogP contribution in [0.2, 0.25) is 0 Å². The summed E-state index contributed by atoms with van der Waals surface area (Å²) in [4.78, 5) is 0.371. The number of ether oxygens (including phenoxy) is 1. The molecule has 1 saturated heterocycles. The number of hydrogen-bond acceptors (Lipinski definition) is 4. The second-order valence-electron chi connectivity index (χ2n) is 5.39. The van der Waals surface area contributed by atoms with Crippen LogP contribution < -0.4 is 10.1 Å². The molecule has 0 amide bonds. The fourth-order valence-corrected chi connectivity index (χ4v) is 4.25. The van der Waals surface area contributed by atoms with Crippen molar-refractivity contribution in [1.29, 1.82) is 0 Å². The van der Waals surface area contributed by atoms with Gasteiger partial charge >= 0.3 is 0 Å². The SMILES string of the molecule is CN(C1CCNC1)S(=O)(=O)c1ccc2c(c1)CCCO2. The topological polar surface area (TPSA) is 58.6 Å². The van der Waals surface area contributed by atoms with Crippen LogP contribution in [0.15, 0.2) is 23.1 Å². The van der Waals surface area contributed by atoms with Crippen LogP contribution in [0, 0.1) is 0 Å². The highest BCUT2D eigenvalue weighted by Gasteiger charge is 2.30. The van der Waals surface area contributed by atoms with E-state index in [-0.39, 0.29) is 6.04 Å². The first-order chi connectivity index (χ1) is 9.59. The molecule has 1 unspecified atom stereocenters. The zero-order valence-corrected chi connectivity index (χ0v) is 12.4. The Morgan fingerprint density at radius 1 is 1.40 bits per heavy atom. The van der Waals surface area contributed by atoms with Gasteiger partial charge in [-0.3, -0.25) is 0 Å². The number of sulfonamides is 1. The van der Waals surface area contributed by atoms with Crippen molar-refractivity contribution in [3.8, 4) is 5.75 Å². The van der Waals surface area contributed by atoms with Crippen molar-refractivity contribution in [2.45, 2.75) is 30.2 Å². The number of nitrogens with zero attached hydrogens (tertiary/aromatic N) is 1. The molecule has 2 aliphatic rings. The van der Waals surface area contributed by atoms with Gasteiger partial charge in [0, 0.05) is 19.6 Å². The molecular formula is C14H20N2O3S. The Morgan fingerprint density at radius 3 is 3.00 bits per heavy atom. The molecule has 1 aromatic carbocycles. The molecule has 1 aromatic rings. The molecule has 2 aliphatic heterocycles. The van der Waals surface area contributed by atoms with Crippen LogP contribution in [0.3, 0.4) is 0 Å². The number of fused-ring (bicyclic) bond motifs is 1. The first-order valence-corrected chi connectivity index (χ1v) is 8.47. The highest BCUT2D eigenvalue weighted by Crippen LogP contribution is 2.29. The first-order valence-electron chi connectivity index (χ1n) is 7.03. The van der Waals surface area contributed by atoms with Gasteiger partial charge in [-0.15, -0.1) is 0 Å². The smallest absolute Gasteiger partial charge is 0.243 e. The van der Waals surface area contributed by atoms with E-state index in [4.69, 9.17) is 4.74 Å². The lowest BCUT2D eigenvalue weighted by molar-refractivity contribution is 0.288. The number of rotatable bonds is 3. The summed E-state index contributed by atoms with van der Waals surface area (Å²) in [7, 11) is -1.75. The number of aryl methyl sites for hydroxylation is 1. The monoisotopic (exact) mass is 296 g/mol. The Bertz CT molecular complexity index is 594. The maximum atomic E-state index is 12.7. The average Bonchev–Trinajstić information content (AvgIpc) is 3.00. The fourth-order valence-electron chi connectivity index (χ4n) is 2.81. The zero-order chi connectivity index (χ0) is 14.2. The molecule has 0 aromatic heterocycles. The van der Waals surface area contributed by atoms with E-state index in [1.165, 1.54) is 4.31 Å². The lowest BCUT2D eigenvalue weighted by Gasteiger charge is -2.24. The van der Waals surface area contributed by atoms with Crippen molar-refractivity contribution in [3.05, 3.63) is 23.8 Å². The van der Waals surface area contributed by atoms with E-state index >= 15 is 0 Å². The van der Waals surface area contributed by atoms with Crippen LogP contribution in [-0.4, -0.2) is 45.5 Å². The Labute approximate surface area is 120 Å². The molecule has 0 aliphatic carbocycles. The van der Waals surface area contributed by atoms with Gasteiger partial charge < -0.3 is 10.1 Å². The molecule has 2 heterocycles. The molecule has 0 saturated carbocycles. The standard InChI is InChI=1S/C14H20N2O3S/c1-16(12-6-7-15-10-12)20(17,18)13-4-5-14-11(9-13)3-2-8-19-14/h4-5,9,12,15H,2-3,6-8,10H2,1H3. The van der Waals surface area contributed by atoms with Gasteiger partial charge in [0.05, 0.1) is 11.5 Å². The molecule has 0 spiro atoms. The molecule has 1 atom stereocenters. The molecule has 0 bridgehead atoms. The number of likely N-dealkylation sites (N-methyl/N-ethyl adjacent to an activating group) is 1. The Morgan fingerprint density at radius 2 is 2.25 bits per heavy atom. The lowest BCUT2D eigenvalue weighted by atomic mass is 10.1. The highest BCUT2D eigenvalue weighted by atomic mass is 32.2. The number of hydrogen-bond donors (Lipinski definition) is 1. The molecule has 110 valence electrons. The van der Waals surface area contributed by atoms with E-state index in [9.17, 15) is 8.42 Å². The minimum atomic E-state index is -3.42. The average molecular weight is 296 g/mol. The Kier molecular flexibility index (Phi) is 3.70. The molecule has 1 fully saturated rings. The minimum absolute atomic E-state index is 0.0484. The van der Waals surface area contributed by atoms with Crippen LogP contribution in [0.25, 0.3) is 0 Å². The highest BCUT2D eigenvalue weighted by molar-refractivity contribution is 7.89. The van der Waals surface area contributed by atoms with Gasteiger partial charge in [0.25, 0.3) is 0 Å². The zero-order valence-electron chi connectivity index (χ0n) is 11.6. The Balaban J connectivity index is 1.90. The van der Waals surface area contributed by atoms with Crippen LogP contribution in [-0.2, 0) is 16.4 Å². The summed E-state index contributed by atoms with van der Waals surface area (Å²) in [5.41, 5.74) is 0.996. The summed E-state index contributed by atoms with van der Waals surface area (Å²) in [6, 6.07) is 5.25. The largest absolute Gasteiger partial charge is 0.493 e. The second kappa shape index (κ2) is 5.35. The molecule has 1 N–H and O–H groups in total. The van der Waals surface area contributed by atoms with Crippen molar-refractivity contribution in [2.24, 2.45) is 0 Å². The Hall–Kier alpha value is -1.11. The van der Waals surface area contributed by atoms with Crippen LogP contribution in [0.4, 0.5) is 0 Å². The van der Waals surface area contributed by atoms with E-state index < -0.39 is 10.0 Å². The van der Waals surface area contributed by atoms with E-state index in [0.29, 0.717) is 11.5 Å². The third-order valence-corrected chi connectivity index (χ3v) is 6.01. The van der Waals surface area contributed by atoms with E-state index in [2.05, 4.69) is 5.32 Å². The quantitative estimate of drug-likeness (QED) is 0.904. The van der Waals surface area contributed by atoms with E-state index in [1.54, 1.807) is 25.2 Å². The first kappa shape index (κ1) is 13.9. The molecule has 5 nitrogen and oxygen atoms in total. The van der Waals surface area contributed by atoms with Crippen molar-refractivity contribution >= 4 is 10.0 Å². The molecular weight excluding hydrogens is 276 g/mol. The maximum Gasteiger partial charge on any atom is 0.243 e. The van der Waals surface area contributed by atoms with Gasteiger partial charge in [-0.2, -0.15) is 4.31 Å². The summed E-state index contributed by atoms with van der Waals surface area (Å²) in [6.45, 7) is 2.32. The molecule has 3 rings (SSSR count). The number of nitrogens with one attached hydrogen (secondary N) is 1. The van der Waals surface area contributed by atoms with Gasteiger partial charge in [0.15, 0.2) is 0 Å². The molecule has 0 radical (unpaired) electrons. The van der Waals surface area contributed by atoms with Crippen LogP contribution >= 0.6 is 0 Å². The number of benzene rings is 1. The maximum absolute atomic E-state index is 12.7. The third-order valence-electron chi connectivity index (χ3n) is 4.11. The van der Waals surface area contributed by atoms with Gasteiger partial charge in [-0.05, 0) is 49.6 Å². The van der Waals surface area contributed by atoms with Gasteiger partial charge in [0.1, 0.15) is 5.75 Å². The normalized spacial score (nSPS) is 22.6. The lowest BCUT2D eigenvalue weighted by Crippen LogP contribution is -2.38. The molecule has 6 heteroatoms. The van der Waals surface area contributed by atoms with Gasteiger partial charge in [-0.1, -0.05) is 0 Å². The predicted molar refractivity (Wildman–Crippen MR) is 76.5 cm³/mol. The van der Waals surface area contributed by atoms with Gasteiger partial charge in [0.2, 0.25) is 10.0 Å². The second-order valence-corrected chi connectivity index (χ2v) is 7.39. The predicted octanol–water partition coefficient (Wildman–Crippen LogP) is 0.994. The van der Waals surface area contributed by atoms with Crippen LogP contribution in [0.5, 0.6) is 5.75 Å². The van der Waals surface area contributed by atoms with Crippen molar-refractivity contribution in [3.63, 3.8) is 0 Å². The molecule has 20 heavy (non-hydrogen) atoms. The van der Waals surface area contributed by atoms with Crippen molar-refractivity contribution in [2.75, 3.05) is 26.7 Å². The van der Waals surface area contributed by atoms with Crippen molar-refractivity contribution < 1.29 is 13.2 Å². The van der Waals surface area contributed by atoms with Crippen molar-refractivity contribution in [1.82, 2.24) is 9.62 Å². The summed E-state index contributed by atoms with van der Waals surface area (Å²) in [6.07, 6.45) is 2.69.